The molecule has 1 saturated heterocycles. The number of carbonyl (C=O) groups is 2. The predicted octanol–water partition coefficient (Wildman–Crippen LogP) is -1.93. The zero-order valence-corrected chi connectivity index (χ0v) is 8.07. The van der Waals surface area contributed by atoms with E-state index in [-0.39, 0.29) is 6.42 Å². The summed E-state index contributed by atoms with van der Waals surface area (Å²) in [6.45, 7) is 2.53. The molecule has 6 heteroatoms. The molecule has 3 unspecified atom stereocenters. The Bertz CT molecular complexity index is 265. The van der Waals surface area contributed by atoms with Crippen LogP contribution in [0.25, 0.3) is 0 Å². The van der Waals surface area contributed by atoms with Crippen LogP contribution in [0.1, 0.15) is 20.3 Å². The van der Waals surface area contributed by atoms with Crippen molar-refractivity contribution in [3.05, 3.63) is 0 Å². The Labute approximate surface area is 81.1 Å². The van der Waals surface area contributed by atoms with Crippen molar-refractivity contribution in [2.45, 2.75) is 31.6 Å². The average molecular weight is 202 g/mol. The topological polar surface area (TPSA) is 113 Å². The summed E-state index contributed by atoms with van der Waals surface area (Å²) in [5.41, 5.74) is 1.64. The van der Waals surface area contributed by atoms with E-state index in [9.17, 15) is 19.8 Å². The third-order valence-corrected chi connectivity index (χ3v) is 2.38. The zero-order chi connectivity index (χ0) is 11.1. The Morgan fingerprint density at radius 1 is 1.57 bits per heavy atom. The number of hydrogen-bond donors (Lipinski definition) is 4. The van der Waals surface area contributed by atoms with Crippen molar-refractivity contribution in [2.75, 3.05) is 0 Å². The summed E-state index contributed by atoms with van der Waals surface area (Å²) in [5.74, 6) is -2.58. The normalized spacial score (nSPS) is 43.1. The molecular formula is C8H14N2O4. The maximum atomic E-state index is 11.1. The fourth-order valence-corrected chi connectivity index (χ4v) is 2.01. The first-order valence-corrected chi connectivity index (χ1v) is 4.22. The van der Waals surface area contributed by atoms with Gasteiger partial charge in [0.05, 0.1) is 12.0 Å². The van der Waals surface area contributed by atoms with Crippen LogP contribution in [0.15, 0.2) is 0 Å². The maximum absolute atomic E-state index is 11.1. The van der Waals surface area contributed by atoms with Gasteiger partial charge in [0.2, 0.25) is 11.8 Å². The quantitative estimate of drug-likeness (QED) is 0.396. The largest absolute Gasteiger partial charge is 0.389 e. The molecule has 0 bridgehead atoms. The fourth-order valence-electron chi connectivity index (χ4n) is 2.01. The molecule has 0 spiro atoms. The van der Waals surface area contributed by atoms with E-state index in [4.69, 9.17) is 5.73 Å². The summed E-state index contributed by atoms with van der Waals surface area (Å²) in [6, 6.07) is 0. The van der Waals surface area contributed by atoms with Gasteiger partial charge in [-0.05, 0) is 13.8 Å². The molecule has 0 saturated carbocycles. The Morgan fingerprint density at radius 2 is 2.07 bits per heavy atom. The third-order valence-electron chi connectivity index (χ3n) is 2.38. The Morgan fingerprint density at radius 3 is 2.43 bits per heavy atom. The van der Waals surface area contributed by atoms with Crippen LogP contribution in [0.4, 0.5) is 0 Å². The summed E-state index contributed by atoms with van der Waals surface area (Å²) >= 11 is 0. The SMILES string of the molecule is CC1(O)CC(=O)NC(C)(O)C1C(N)=O. The lowest BCUT2D eigenvalue weighted by Crippen LogP contribution is -2.67. The van der Waals surface area contributed by atoms with Gasteiger partial charge in [-0.25, -0.2) is 0 Å². The van der Waals surface area contributed by atoms with Gasteiger partial charge in [-0.3, -0.25) is 9.59 Å². The van der Waals surface area contributed by atoms with E-state index < -0.39 is 29.1 Å². The lowest BCUT2D eigenvalue weighted by Gasteiger charge is -2.44. The first-order valence-electron chi connectivity index (χ1n) is 4.22. The Balaban J connectivity index is 3.09. The smallest absolute Gasteiger partial charge is 0.228 e. The van der Waals surface area contributed by atoms with Crippen LogP contribution in [-0.4, -0.2) is 33.4 Å². The molecular weight excluding hydrogens is 188 g/mol. The zero-order valence-electron chi connectivity index (χ0n) is 8.07. The summed E-state index contributed by atoms with van der Waals surface area (Å²) in [4.78, 5) is 22.1. The first kappa shape index (κ1) is 10.9. The van der Waals surface area contributed by atoms with Crippen LogP contribution in [0, 0.1) is 5.92 Å². The summed E-state index contributed by atoms with van der Waals surface area (Å²) in [7, 11) is 0. The Kier molecular flexibility index (Phi) is 2.29. The van der Waals surface area contributed by atoms with Crippen molar-refractivity contribution >= 4 is 11.8 Å². The van der Waals surface area contributed by atoms with Gasteiger partial charge in [-0.1, -0.05) is 0 Å². The van der Waals surface area contributed by atoms with Crippen LogP contribution in [-0.2, 0) is 9.59 Å². The minimum absolute atomic E-state index is 0.253. The van der Waals surface area contributed by atoms with Gasteiger partial charge in [-0.2, -0.15) is 0 Å². The number of amides is 2. The molecule has 2 amide bonds. The monoisotopic (exact) mass is 202 g/mol. The second kappa shape index (κ2) is 2.93. The minimum Gasteiger partial charge on any atom is -0.389 e. The molecule has 6 nitrogen and oxygen atoms in total. The highest BCUT2D eigenvalue weighted by Gasteiger charge is 2.53. The lowest BCUT2D eigenvalue weighted by molar-refractivity contribution is -0.177. The van der Waals surface area contributed by atoms with E-state index in [2.05, 4.69) is 5.32 Å². The number of nitrogens with two attached hydrogens (primary N) is 1. The van der Waals surface area contributed by atoms with E-state index in [1.165, 1.54) is 13.8 Å². The second-order valence-electron chi connectivity index (χ2n) is 4.07. The standard InChI is InChI=1S/C8H14N2O4/c1-7(13)3-4(11)10-8(2,14)5(7)6(9)12/h5,13-14H,3H2,1-2H3,(H2,9,12)(H,10,11). The number of carbonyl (C=O) groups excluding carboxylic acids is 2. The molecule has 0 aromatic heterocycles. The average Bonchev–Trinajstić information content (AvgIpc) is 1.75. The molecule has 14 heavy (non-hydrogen) atoms. The molecule has 0 aromatic carbocycles. The molecule has 80 valence electrons. The second-order valence-corrected chi connectivity index (χ2v) is 4.07. The summed E-state index contributed by atoms with van der Waals surface area (Å²) in [5, 5.41) is 21.7. The molecule has 0 radical (unpaired) electrons. The highest BCUT2D eigenvalue weighted by molar-refractivity contribution is 5.86. The lowest BCUT2D eigenvalue weighted by atomic mass is 9.75. The molecule has 1 fully saturated rings. The molecule has 5 N–H and O–H groups in total. The van der Waals surface area contributed by atoms with Crippen molar-refractivity contribution < 1.29 is 19.8 Å². The number of aliphatic hydroxyl groups is 2. The molecule has 1 rings (SSSR count). The third kappa shape index (κ3) is 1.71. The van der Waals surface area contributed by atoms with Crippen LogP contribution in [0.5, 0.6) is 0 Å². The highest BCUT2D eigenvalue weighted by atomic mass is 16.3. The van der Waals surface area contributed by atoms with E-state index in [0.717, 1.165) is 0 Å². The van der Waals surface area contributed by atoms with Gasteiger partial charge in [0.25, 0.3) is 0 Å². The van der Waals surface area contributed by atoms with Gasteiger partial charge >= 0.3 is 0 Å². The van der Waals surface area contributed by atoms with Crippen molar-refractivity contribution in [3.8, 4) is 0 Å². The van der Waals surface area contributed by atoms with Gasteiger partial charge in [0.15, 0.2) is 0 Å². The van der Waals surface area contributed by atoms with Gasteiger partial charge in [0, 0.05) is 0 Å². The highest BCUT2D eigenvalue weighted by Crippen LogP contribution is 2.33. The van der Waals surface area contributed by atoms with E-state index in [0.29, 0.717) is 0 Å². The molecule has 1 aliphatic heterocycles. The molecule has 0 aromatic rings. The summed E-state index contributed by atoms with van der Waals surface area (Å²) < 4.78 is 0. The van der Waals surface area contributed by atoms with Crippen LogP contribution in [0.2, 0.25) is 0 Å². The van der Waals surface area contributed by atoms with Gasteiger partial charge < -0.3 is 21.3 Å². The molecule has 1 aliphatic rings. The number of nitrogens with one attached hydrogen (secondary N) is 1. The van der Waals surface area contributed by atoms with Crippen LogP contribution < -0.4 is 11.1 Å². The van der Waals surface area contributed by atoms with E-state index in [1.54, 1.807) is 0 Å². The fraction of sp³-hybridized carbons (Fsp3) is 0.750. The van der Waals surface area contributed by atoms with Crippen molar-refractivity contribution in [1.82, 2.24) is 5.32 Å². The Hall–Kier alpha value is -1.14. The summed E-state index contributed by atoms with van der Waals surface area (Å²) in [6.07, 6.45) is -0.253. The van der Waals surface area contributed by atoms with E-state index in [1.807, 2.05) is 0 Å². The predicted molar refractivity (Wildman–Crippen MR) is 46.7 cm³/mol. The molecule has 1 heterocycles. The number of primary amides is 1. The number of piperidine rings is 1. The van der Waals surface area contributed by atoms with Gasteiger partial charge in [-0.15, -0.1) is 0 Å². The van der Waals surface area contributed by atoms with Crippen molar-refractivity contribution in [3.63, 3.8) is 0 Å². The van der Waals surface area contributed by atoms with E-state index >= 15 is 0 Å². The number of rotatable bonds is 1. The maximum Gasteiger partial charge on any atom is 0.228 e. The van der Waals surface area contributed by atoms with Crippen LogP contribution >= 0.6 is 0 Å². The van der Waals surface area contributed by atoms with Crippen molar-refractivity contribution in [1.29, 1.82) is 0 Å². The van der Waals surface area contributed by atoms with Gasteiger partial charge in [0.1, 0.15) is 11.6 Å². The molecule has 0 aliphatic carbocycles. The van der Waals surface area contributed by atoms with Crippen LogP contribution in [0.3, 0.4) is 0 Å². The van der Waals surface area contributed by atoms with Crippen molar-refractivity contribution in [2.24, 2.45) is 11.7 Å². The minimum atomic E-state index is -1.80. The first-order chi connectivity index (χ1) is 6.17. The molecule has 3 atom stereocenters. The number of hydrogen-bond acceptors (Lipinski definition) is 4.